The van der Waals surface area contributed by atoms with Crippen LogP contribution in [0, 0.1) is 34.5 Å². The molecule has 134 valence electrons. The molecule has 3 heteroatoms. The van der Waals surface area contributed by atoms with Gasteiger partial charge in [0.1, 0.15) is 5.78 Å². The van der Waals surface area contributed by atoms with Crippen LogP contribution in [0.15, 0.2) is 11.6 Å². The second-order valence-electron chi connectivity index (χ2n) is 9.44. The van der Waals surface area contributed by atoms with E-state index in [2.05, 4.69) is 19.9 Å². The molecule has 4 rings (SSSR count). The lowest BCUT2D eigenvalue weighted by Gasteiger charge is -2.59. The van der Waals surface area contributed by atoms with Crippen LogP contribution in [0.3, 0.4) is 0 Å². The first kappa shape index (κ1) is 15.6. The van der Waals surface area contributed by atoms with Crippen LogP contribution in [0.2, 0.25) is 0 Å². The van der Waals surface area contributed by atoms with Crippen molar-refractivity contribution in [3.63, 3.8) is 0 Å². The Kier molecular flexibility index (Phi) is 3.51. The van der Waals surface area contributed by atoms with E-state index in [1.165, 1.54) is 5.57 Å². The fraction of sp³-hybridized carbons (Fsp3) is 0.857. The van der Waals surface area contributed by atoms with E-state index in [9.17, 15) is 15.0 Å². The van der Waals surface area contributed by atoms with E-state index in [0.29, 0.717) is 18.8 Å². The molecule has 4 aliphatic carbocycles. The minimum absolute atomic E-state index is 0.0123. The molecule has 3 fully saturated rings. The van der Waals surface area contributed by atoms with Crippen molar-refractivity contribution in [3.05, 3.63) is 11.6 Å². The Hall–Kier alpha value is -0.670. The van der Waals surface area contributed by atoms with Gasteiger partial charge < -0.3 is 10.2 Å². The molecule has 0 aromatic rings. The molecule has 8 atom stereocenters. The topological polar surface area (TPSA) is 57.5 Å². The summed E-state index contributed by atoms with van der Waals surface area (Å²) in [5.74, 6) is 0.810. The molecule has 0 aliphatic heterocycles. The van der Waals surface area contributed by atoms with E-state index in [0.717, 1.165) is 32.1 Å². The van der Waals surface area contributed by atoms with Crippen molar-refractivity contribution in [2.24, 2.45) is 34.5 Å². The number of ketones is 1. The van der Waals surface area contributed by atoms with Gasteiger partial charge in [0.2, 0.25) is 0 Å². The van der Waals surface area contributed by atoms with Gasteiger partial charge in [-0.1, -0.05) is 25.5 Å². The Labute approximate surface area is 146 Å². The Morgan fingerprint density at radius 1 is 1.29 bits per heavy atom. The highest BCUT2D eigenvalue weighted by atomic mass is 16.3. The zero-order valence-corrected chi connectivity index (χ0v) is 15.2. The molecule has 0 spiro atoms. The largest absolute Gasteiger partial charge is 0.393 e. The van der Waals surface area contributed by atoms with E-state index in [1.807, 2.05) is 0 Å². The maximum atomic E-state index is 12.2. The molecule has 0 radical (unpaired) electrons. The van der Waals surface area contributed by atoms with Gasteiger partial charge in [0.05, 0.1) is 13.6 Å². The lowest BCUT2D eigenvalue weighted by atomic mass is 9.46. The van der Waals surface area contributed by atoms with Crippen molar-refractivity contribution in [2.75, 3.05) is 0 Å². The molecule has 24 heavy (non-hydrogen) atoms. The third-order valence-corrected chi connectivity index (χ3v) is 8.28. The average Bonchev–Trinajstić information content (AvgIpc) is 2.83. The Morgan fingerprint density at radius 3 is 2.75 bits per heavy atom. The summed E-state index contributed by atoms with van der Waals surface area (Å²) in [7, 11) is 0. The van der Waals surface area contributed by atoms with Crippen molar-refractivity contribution in [1.82, 2.24) is 0 Å². The van der Waals surface area contributed by atoms with Crippen molar-refractivity contribution in [1.29, 1.82) is 0 Å². The fourth-order valence-corrected chi connectivity index (χ4v) is 7.18. The van der Waals surface area contributed by atoms with Crippen LogP contribution in [0.4, 0.5) is 0 Å². The van der Waals surface area contributed by atoms with Crippen molar-refractivity contribution in [2.45, 2.75) is 77.9 Å². The molecule has 4 unspecified atom stereocenters. The van der Waals surface area contributed by atoms with Gasteiger partial charge in [-0.3, -0.25) is 4.79 Å². The quantitative estimate of drug-likeness (QED) is 0.722. The third kappa shape index (κ3) is 2.13. The SMILES string of the molecule is [2H]C1(O)C[C@@]2(C)C(CC[C@@H]2C(C)=O)C2CC=C3C[C@@H](O)CC[C@]3(C)C21. The number of rotatable bonds is 1. The van der Waals surface area contributed by atoms with Crippen LogP contribution >= 0.6 is 0 Å². The monoisotopic (exact) mass is 333 g/mol. The highest BCUT2D eigenvalue weighted by molar-refractivity contribution is 5.79. The molecule has 3 saturated carbocycles. The molecule has 3 nitrogen and oxygen atoms in total. The molecule has 0 saturated heterocycles. The molecule has 0 aromatic heterocycles. The maximum absolute atomic E-state index is 12.2. The number of hydrogen-bond donors (Lipinski definition) is 2. The zero-order valence-electron chi connectivity index (χ0n) is 16.2. The molecule has 0 bridgehead atoms. The van der Waals surface area contributed by atoms with Gasteiger partial charge in [0.25, 0.3) is 0 Å². The van der Waals surface area contributed by atoms with Crippen LogP contribution in [0.25, 0.3) is 0 Å². The van der Waals surface area contributed by atoms with Gasteiger partial charge in [-0.2, -0.15) is 0 Å². The Bertz CT molecular complexity index is 627. The van der Waals surface area contributed by atoms with E-state index >= 15 is 0 Å². The fourth-order valence-electron chi connectivity index (χ4n) is 7.18. The highest BCUT2D eigenvalue weighted by Crippen LogP contribution is 2.66. The summed E-state index contributed by atoms with van der Waals surface area (Å²) in [5.41, 5.74) is 0.816. The number of aliphatic hydroxyl groups excluding tert-OH is 1. The van der Waals surface area contributed by atoms with Crippen molar-refractivity contribution < 1.29 is 16.4 Å². The van der Waals surface area contributed by atoms with Crippen LogP contribution < -0.4 is 0 Å². The van der Waals surface area contributed by atoms with E-state index in [4.69, 9.17) is 1.37 Å². The number of allylic oxidation sites excluding steroid dienone is 1. The second kappa shape index (κ2) is 5.41. The van der Waals surface area contributed by atoms with Crippen LogP contribution in [0.5, 0.6) is 0 Å². The first-order valence-corrected chi connectivity index (χ1v) is 9.70. The van der Waals surface area contributed by atoms with E-state index < -0.39 is 6.08 Å². The number of Topliss-reactive ketones (excluding diaryl/α,β-unsaturated/α-hetero) is 1. The van der Waals surface area contributed by atoms with Gasteiger partial charge in [0, 0.05) is 5.92 Å². The predicted octanol–water partition coefficient (Wildman–Crippen LogP) is 3.49. The number of carbonyl (C=O) groups is 1. The number of carbonyl (C=O) groups excluding carboxylic acids is 1. The summed E-state index contributed by atoms with van der Waals surface area (Å²) < 4.78 is 8.91. The molecular formula is C21H32O3. The first-order chi connectivity index (χ1) is 11.6. The van der Waals surface area contributed by atoms with Crippen molar-refractivity contribution >= 4 is 5.78 Å². The van der Waals surface area contributed by atoms with E-state index in [1.54, 1.807) is 6.92 Å². The van der Waals surface area contributed by atoms with Crippen LogP contribution in [0.1, 0.15) is 67.1 Å². The first-order valence-electron chi connectivity index (χ1n) is 10.2. The summed E-state index contributed by atoms with van der Waals surface area (Å²) in [6.07, 6.45) is 6.05. The predicted molar refractivity (Wildman–Crippen MR) is 93.3 cm³/mol. The minimum atomic E-state index is -1.50. The zero-order chi connectivity index (χ0) is 18.2. The lowest BCUT2D eigenvalue weighted by molar-refractivity contribution is -0.140. The van der Waals surface area contributed by atoms with Crippen LogP contribution in [-0.2, 0) is 4.79 Å². The molecule has 0 aromatic carbocycles. The minimum Gasteiger partial charge on any atom is -0.393 e. The summed E-state index contributed by atoms with van der Waals surface area (Å²) >= 11 is 0. The number of aliphatic hydroxyl groups is 2. The maximum Gasteiger partial charge on any atom is 0.133 e. The number of fused-ring (bicyclic) bond motifs is 5. The van der Waals surface area contributed by atoms with Gasteiger partial charge in [-0.25, -0.2) is 0 Å². The van der Waals surface area contributed by atoms with E-state index in [-0.39, 0.29) is 40.5 Å². The smallest absolute Gasteiger partial charge is 0.133 e. The summed E-state index contributed by atoms with van der Waals surface area (Å²) in [5, 5.41) is 21.4. The normalized spacial score (nSPS) is 57.3. The van der Waals surface area contributed by atoms with Gasteiger partial charge in [0.15, 0.2) is 0 Å². The lowest BCUT2D eigenvalue weighted by Crippen LogP contribution is -2.56. The standard InChI is InChI=1S/C21H32O3/c1-12(22)16-6-7-17-15-5-4-13-10-14(23)8-9-20(13,2)19(15)18(24)11-21(16,17)3/h4,14-19,23-24H,5-11H2,1-3H3/t14-,15?,16+,17?,18?,19?,20-,21+/m0/s1/i18D. The molecular weight excluding hydrogens is 300 g/mol. The molecule has 2 N–H and O–H groups in total. The van der Waals surface area contributed by atoms with Crippen molar-refractivity contribution in [3.8, 4) is 0 Å². The summed E-state index contributed by atoms with van der Waals surface area (Å²) in [4.78, 5) is 12.2. The molecule has 0 heterocycles. The Balaban J connectivity index is 1.77. The third-order valence-electron chi connectivity index (χ3n) is 8.28. The van der Waals surface area contributed by atoms with Crippen LogP contribution in [-0.4, -0.2) is 28.2 Å². The summed E-state index contributed by atoms with van der Waals surface area (Å²) in [6, 6.07) is 0. The number of hydrogen-bond acceptors (Lipinski definition) is 3. The Morgan fingerprint density at radius 2 is 2.04 bits per heavy atom. The molecule has 4 aliphatic rings. The highest BCUT2D eigenvalue weighted by Gasteiger charge is 2.62. The van der Waals surface area contributed by atoms with Gasteiger partial charge >= 0.3 is 0 Å². The van der Waals surface area contributed by atoms with Gasteiger partial charge in [-0.15, -0.1) is 0 Å². The molecule has 0 amide bonds. The van der Waals surface area contributed by atoms with Gasteiger partial charge in [-0.05, 0) is 80.5 Å². The average molecular weight is 333 g/mol. The summed E-state index contributed by atoms with van der Waals surface area (Å²) in [6.45, 7) is 6.04. The second-order valence-corrected chi connectivity index (χ2v) is 9.44.